The van der Waals surface area contributed by atoms with E-state index in [0.717, 1.165) is 0 Å². The summed E-state index contributed by atoms with van der Waals surface area (Å²) in [5.74, 6) is -12.4. The number of Topliss-reactive ketones (excluding diaryl/α,β-unsaturated/α-hetero) is 1. The Kier molecular flexibility index (Phi) is 21.1. The van der Waals surface area contributed by atoms with Crippen LogP contribution in [0.5, 0.6) is 0 Å². The lowest BCUT2D eigenvalue weighted by atomic mass is 9.85. The molecule has 332 valence electrons. The monoisotopic (exact) mass is 847 g/mol. The Hall–Kier alpha value is -6.41. The molecule has 6 unspecified atom stereocenters. The maximum Gasteiger partial charge on any atom is 0.305 e. The summed E-state index contributed by atoms with van der Waals surface area (Å²) in [6, 6.07) is -2.10. The Morgan fingerprint density at radius 2 is 1.18 bits per heavy atom. The average Bonchev–Trinajstić information content (AvgIpc) is 3.14. The van der Waals surface area contributed by atoms with Gasteiger partial charge in [0.2, 0.25) is 41.2 Å². The fourth-order valence-electron chi connectivity index (χ4n) is 5.65. The van der Waals surface area contributed by atoms with Gasteiger partial charge in [0.1, 0.15) is 30.2 Å². The second kappa shape index (κ2) is 24.5. The molecule has 0 spiro atoms. The van der Waals surface area contributed by atoms with E-state index >= 15 is 0 Å². The van der Waals surface area contributed by atoms with Gasteiger partial charge in [-0.25, -0.2) is 0 Å². The Morgan fingerprint density at radius 3 is 1.72 bits per heavy atom. The zero-order chi connectivity index (χ0) is 45.9. The van der Waals surface area contributed by atoms with Crippen molar-refractivity contribution in [3.05, 3.63) is 35.4 Å². The van der Waals surface area contributed by atoms with E-state index in [0.29, 0.717) is 24.0 Å². The van der Waals surface area contributed by atoms with E-state index in [-0.39, 0.29) is 12.8 Å². The van der Waals surface area contributed by atoms with Crippen LogP contribution in [0.2, 0.25) is 0 Å². The van der Waals surface area contributed by atoms with Crippen molar-refractivity contribution in [2.75, 3.05) is 0 Å². The number of carboxylic acid groups (broad SMARTS) is 3. The number of ketones is 1. The topological polar surface area (TPSA) is 347 Å². The van der Waals surface area contributed by atoms with E-state index in [9.17, 15) is 63.0 Å². The van der Waals surface area contributed by atoms with E-state index in [1.807, 2.05) is 6.92 Å². The highest BCUT2D eigenvalue weighted by atomic mass is 16.4. The van der Waals surface area contributed by atoms with Gasteiger partial charge in [0, 0.05) is 19.3 Å². The maximum atomic E-state index is 14.1. The van der Waals surface area contributed by atoms with E-state index < -0.39 is 139 Å². The standard InChI is InChI=1S/C39H57N7O14/c1-7-8-13-23(31(54)33(40)55)43-34(56)21(3)41-38(60)32(39(4,5)6)46-37(59)25(18-22-12-10-9-11-20(22)2)45-35(57)24(14-16-28(48)49)44-36(58)26(19-30(52)53)42-27(47)15-17-29(50)51/h9-12,21,23-26,32H,7-8,13-19H2,1-6H3,(H2,40,55)(H,41,60)(H,42,47)(H,43,56)(H,44,58)(H,45,57)(H,46,59)(H,48,49)(H,50,51)(H,52,53). The quantitative estimate of drug-likeness (QED) is 0.0498. The van der Waals surface area contributed by atoms with Crippen LogP contribution < -0.4 is 37.6 Å². The van der Waals surface area contributed by atoms with Gasteiger partial charge >= 0.3 is 17.9 Å². The number of unbranched alkanes of at least 4 members (excludes halogenated alkanes) is 1. The molecule has 60 heavy (non-hydrogen) atoms. The van der Waals surface area contributed by atoms with E-state index in [1.165, 1.54) is 6.92 Å². The molecule has 0 bridgehead atoms. The number of nitrogens with two attached hydrogens (primary N) is 1. The highest BCUT2D eigenvalue weighted by Crippen LogP contribution is 2.21. The summed E-state index contributed by atoms with van der Waals surface area (Å²) in [5.41, 5.74) is 5.38. The van der Waals surface area contributed by atoms with Crippen molar-refractivity contribution in [3.8, 4) is 0 Å². The van der Waals surface area contributed by atoms with Gasteiger partial charge in [0.25, 0.3) is 5.91 Å². The van der Waals surface area contributed by atoms with E-state index in [4.69, 9.17) is 10.8 Å². The largest absolute Gasteiger partial charge is 0.481 e. The summed E-state index contributed by atoms with van der Waals surface area (Å²) >= 11 is 0. The second-order valence-corrected chi connectivity index (χ2v) is 15.3. The molecule has 7 amide bonds. The van der Waals surface area contributed by atoms with Crippen LogP contribution in [0.25, 0.3) is 0 Å². The fraction of sp³-hybridized carbons (Fsp3) is 0.564. The first-order valence-electron chi connectivity index (χ1n) is 19.2. The number of nitrogens with one attached hydrogen (secondary N) is 6. The first-order valence-corrected chi connectivity index (χ1v) is 19.2. The summed E-state index contributed by atoms with van der Waals surface area (Å²) in [7, 11) is 0. The van der Waals surface area contributed by atoms with Gasteiger partial charge in [0.05, 0.1) is 18.9 Å². The van der Waals surface area contributed by atoms with Gasteiger partial charge < -0.3 is 53.0 Å². The minimum atomic E-state index is -1.81. The minimum Gasteiger partial charge on any atom is -0.481 e. The molecule has 21 heteroatoms. The molecule has 1 aromatic carbocycles. The highest BCUT2D eigenvalue weighted by Gasteiger charge is 2.38. The summed E-state index contributed by atoms with van der Waals surface area (Å²) < 4.78 is 0. The average molecular weight is 848 g/mol. The van der Waals surface area contributed by atoms with E-state index in [2.05, 4.69) is 31.9 Å². The molecule has 6 atom stereocenters. The van der Waals surface area contributed by atoms with Crippen molar-refractivity contribution in [1.29, 1.82) is 0 Å². The molecule has 1 rings (SSSR count). The zero-order valence-electron chi connectivity index (χ0n) is 34.5. The molecule has 0 radical (unpaired) electrons. The molecular formula is C39H57N7O14. The van der Waals surface area contributed by atoms with Crippen molar-refractivity contribution in [1.82, 2.24) is 31.9 Å². The summed E-state index contributed by atoms with van der Waals surface area (Å²) in [6.07, 6.45) is -2.41. The number of primary amides is 1. The number of benzene rings is 1. The first-order chi connectivity index (χ1) is 27.9. The molecule has 0 saturated heterocycles. The summed E-state index contributed by atoms with van der Waals surface area (Å²) in [5, 5.41) is 42.0. The van der Waals surface area contributed by atoms with Gasteiger partial charge in [-0.1, -0.05) is 64.8 Å². The Bertz CT molecular complexity index is 1780. The SMILES string of the molecule is CCCCC(NC(=O)C(C)NC(=O)C(NC(=O)C(Cc1ccccc1C)NC(=O)C(CCC(=O)O)NC(=O)C(CC(=O)O)NC(=O)CCC(=O)O)C(C)(C)C)C(=O)C(N)=O. The predicted octanol–water partition coefficient (Wildman–Crippen LogP) is -1.04. The molecule has 0 aliphatic rings. The number of amides is 7. The molecular weight excluding hydrogens is 790 g/mol. The molecule has 0 aliphatic carbocycles. The molecule has 21 nitrogen and oxygen atoms in total. The fourth-order valence-corrected chi connectivity index (χ4v) is 5.65. The number of carboxylic acids is 3. The third-order valence-electron chi connectivity index (χ3n) is 9.08. The van der Waals surface area contributed by atoms with Crippen molar-refractivity contribution >= 4 is 65.0 Å². The smallest absolute Gasteiger partial charge is 0.305 e. The lowest BCUT2D eigenvalue weighted by Crippen LogP contribution is -2.62. The number of carbonyl (C=O) groups excluding carboxylic acids is 8. The van der Waals surface area contributed by atoms with Gasteiger partial charge in [-0.3, -0.25) is 52.7 Å². The normalized spacial score (nSPS) is 14.0. The molecule has 0 fully saturated rings. The number of hydrogen-bond donors (Lipinski definition) is 10. The number of carbonyl (C=O) groups is 11. The molecule has 11 N–H and O–H groups in total. The summed E-state index contributed by atoms with van der Waals surface area (Å²) in [4.78, 5) is 138. The molecule has 0 aromatic heterocycles. The van der Waals surface area contributed by atoms with Crippen LogP contribution in [-0.2, 0) is 59.2 Å². The summed E-state index contributed by atoms with van der Waals surface area (Å²) in [6.45, 7) is 9.70. The van der Waals surface area contributed by atoms with Crippen LogP contribution in [0.1, 0.15) is 97.1 Å². The van der Waals surface area contributed by atoms with Gasteiger partial charge in [-0.15, -0.1) is 0 Å². The lowest BCUT2D eigenvalue weighted by Gasteiger charge is -2.33. The molecule has 0 heterocycles. The molecule has 0 aliphatic heterocycles. The first kappa shape index (κ1) is 51.6. The van der Waals surface area contributed by atoms with Crippen molar-refractivity contribution < 1.29 is 68.1 Å². The Labute approximate surface area is 346 Å². The van der Waals surface area contributed by atoms with Gasteiger partial charge in [-0.2, -0.15) is 0 Å². The lowest BCUT2D eigenvalue weighted by molar-refractivity contribution is -0.142. The van der Waals surface area contributed by atoms with E-state index in [1.54, 1.807) is 52.0 Å². The number of aliphatic carboxylic acids is 3. The third kappa shape index (κ3) is 18.5. The van der Waals surface area contributed by atoms with Crippen LogP contribution in [0.15, 0.2) is 24.3 Å². The molecule has 0 saturated carbocycles. The van der Waals surface area contributed by atoms with Gasteiger partial charge in [0.15, 0.2) is 0 Å². The van der Waals surface area contributed by atoms with Crippen LogP contribution in [0.4, 0.5) is 0 Å². The van der Waals surface area contributed by atoms with Crippen molar-refractivity contribution in [2.24, 2.45) is 11.1 Å². The highest BCUT2D eigenvalue weighted by molar-refractivity contribution is 6.37. The Morgan fingerprint density at radius 1 is 0.633 bits per heavy atom. The number of hydrogen-bond acceptors (Lipinski definition) is 11. The minimum absolute atomic E-state index is 0.119. The number of aryl methyl sites for hydroxylation is 1. The van der Waals surface area contributed by atoms with Gasteiger partial charge in [-0.05, 0) is 43.2 Å². The van der Waals surface area contributed by atoms with Crippen LogP contribution in [0, 0.1) is 12.3 Å². The Balaban J connectivity index is 3.47. The second-order valence-electron chi connectivity index (χ2n) is 15.3. The molecule has 1 aromatic rings. The predicted molar refractivity (Wildman–Crippen MR) is 211 cm³/mol. The van der Waals surface area contributed by atoms with Crippen molar-refractivity contribution in [2.45, 2.75) is 136 Å². The van der Waals surface area contributed by atoms with Crippen LogP contribution >= 0.6 is 0 Å². The van der Waals surface area contributed by atoms with Crippen LogP contribution in [-0.4, -0.2) is 117 Å². The maximum absolute atomic E-state index is 14.1. The number of rotatable bonds is 26. The zero-order valence-corrected chi connectivity index (χ0v) is 34.5. The van der Waals surface area contributed by atoms with Crippen LogP contribution in [0.3, 0.4) is 0 Å². The van der Waals surface area contributed by atoms with Crippen molar-refractivity contribution in [3.63, 3.8) is 0 Å². The third-order valence-corrected chi connectivity index (χ3v) is 9.08.